The van der Waals surface area contributed by atoms with Crippen LogP contribution in [0.15, 0.2) is 22.7 Å². The molecule has 3 aliphatic rings. The third kappa shape index (κ3) is 4.64. The number of aromatic nitrogens is 1. The van der Waals surface area contributed by atoms with Gasteiger partial charge in [-0.1, -0.05) is 5.16 Å². The zero-order valence-electron chi connectivity index (χ0n) is 18.5. The number of hydrogen-bond donors (Lipinski definition) is 1. The highest BCUT2D eigenvalue weighted by Gasteiger charge is 2.57. The lowest BCUT2D eigenvalue weighted by Crippen LogP contribution is -2.51. The predicted octanol–water partition coefficient (Wildman–Crippen LogP) is 4.10. The summed E-state index contributed by atoms with van der Waals surface area (Å²) < 4.78 is 116. The maximum atomic E-state index is 14.7. The Hall–Kier alpha value is -3.23. The summed E-state index contributed by atoms with van der Waals surface area (Å²) in [6.07, 6.45) is -9.35. The van der Waals surface area contributed by atoms with Gasteiger partial charge in [-0.05, 0) is 30.9 Å². The van der Waals surface area contributed by atoms with Crippen LogP contribution >= 0.6 is 0 Å². The summed E-state index contributed by atoms with van der Waals surface area (Å²) in [5, 5.41) is 5.65. The van der Waals surface area contributed by atoms with Crippen molar-refractivity contribution in [2.45, 2.75) is 43.3 Å². The number of fused-ring (bicyclic) bond motifs is 1. The maximum absolute atomic E-state index is 14.7. The minimum atomic E-state index is -5.14. The van der Waals surface area contributed by atoms with Crippen molar-refractivity contribution in [3.63, 3.8) is 0 Å². The predicted molar refractivity (Wildman–Crippen MR) is 105 cm³/mol. The van der Waals surface area contributed by atoms with E-state index in [9.17, 15) is 44.7 Å². The second kappa shape index (κ2) is 8.67. The van der Waals surface area contributed by atoms with E-state index < -0.39 is 82.4 Å². The molecule has 1 aromatic heterocycles. The second-order valence-corrected chi connectivity index (χ2v) is 9.24. The number of nitrogens with zero attached hydrogens (tertiary/aromatic N) is 2. The van der Waals surface area contributed by atoms with Gasteiger partial charge in [0.2, 0.25) is 11.7 Å². The molecule has 5 rings (SSSR count). The van der Waals surface area contributed by atoms with Crippen molar-refractivity contribution in [3.8, 4) is 0 Å². The lowest BCUT2D eigenvalue weighted by Gasteiger charge is -2.36. The van der Waals surface area contributed by atoms with Crippen LogP contribution in [0.2, 0.25) is 0 Å². The van der Waals surface area contributed by atoms with Crippen LogP contribution in [0.25, 0.3) is 0 Å². The average Bonchev–Trinajstić information content (AvgIpc) is 3.18. The summed E-state index contributed by atoms with van der Waals surface area (Å²) in [5.41, 5.74) is -2.99. The van der Waals surface area contributed by atoms with E-state index >= 15 is 0 Å². The number of alkyl halides is 6. The van der Waals surface area contributed by atoms with E-state index in [-0.39, 0.29) is 31.6 Å². The molecule has 1 aliphatic carbocycles. The Morgan fingerprint density at radius 3 is 2.27 bits per heavy atom. The van der Waals surface area contributed by atoms with Crippen molar-refractivity contribution >= 4 is 11.8 Å². The van der Waals surface area contributed by atoms with E-state index in [2.05, 4.69) is 15.0 Å². The van der Waals surface area contributed by atoms with Crippen LogP contribution < -0.4 is 5.32 Å². The molecule has 200 valence electrons. The number of rotatable bonds is 5. The van der Waals surface area contributed by atoms with Crippen molar-refractivity contribution in [1.82, 2.24) is 15.4 Å². The normalized spacial score (nSPS) is 24.4. The van der Waals surface area contributed by atoms with Crippen molar-refractivity contribution < 1.29 is 54.0 Å². The number of likely N-dealkylation sites (tertiary alicyclic amines) is 1. The summed E-state index contributed by atoms with van der Waals surface area (Å²) in [5.74, 6) is -7.10. The van der Waals surface area contributed by atoms with Gasteiger partial charge in [0, 0.05) is 23.6 Å². The highest BCUT2D eigenvalue weighted by Crippen LogP contribution is 2.49. The van der Waals surface area contributed by atoms with E-state index in [0.29, 0.717) is 18.6 Å². The lowest BCUT2D eigenvalue weighted by molar-refractivity contribution is -0.155. The molecule has 15 heteroatoms. The Morgan fingerprint density at radius 2 is 1.70 bits per heavy atom. The summed E-state index contributed by atoms with van der Waals surface area (Å²) in [6, 6.07) is -2.09. The van der Waals surface area contributed by atoms with E-state index in [1.165, 1.54) is 0 Å². The number of amides is 2. The van der Waals surface area contributed by atoms with Crippen molar-refractivity contribution in [3.05, 3.63) is 52.4 Å². The molecule has 3 heterocycles. The van der Waals surface area contributed by atoms with Gasteiger partial charge in [-0.2, -0.15) is 26.3 Å². The lowest BCUT2D eigenvalue weighted by atomic mass is 9.89. The number of nitrogens with one attached hydrogen (secondary N) is 1. The molecule has 4 atom stereocenters. The summed E-state index contributed by atoms with van der Waals surface area (Å²) in [7, 11) is 0. The third-order valence-electron chi connectivity index (χ3n) is 6.81. The van der Waals surface area contributed by atoms with Crippen molar-refractivity contribution in [2.24, 2.45) is 11.8 Å². The summed E-state index contributed by atoms with van der Waals surface area (Å²) in [6.45, 7) is 0.00942. The molecule has 0 bridgehead atoms. The van der Waals surface area contributed by atoms with Crippen LogP contribution in [-0.4, -0.2) is 47.2 Å². The van der Waals surface area contributed by atoms with Crippen LogP contribution in [0.5, 0.6) is 0 Å². The number of carbonyl (C=O) groups excluding carboxylic acids is 2. The van der Waals surface area contributed by atoms with Crippen LogP contribution in [-0.2, 0) is 21.9 Å². The Labute approximate surface area is 202 Å². The first-order valence-corrected chi connectivity index (χ1v) is 11.1. The first-order valence-electron chi connectivity index (χ1n) is 11.1. The van der Waals surface area contributed by atoms with E-state index in [4.69, 9.17) is 4.74 Å². The van der Waals surface area contributed by atoms with Gasteiger partial charge >= 0.3 is 12.4 Å². The number of piperidine rings is 1. The van der Waals surface area contributed by atoms with E-state index in [1.807, 2.05) is 0 Å². The molecule has 37 heavy (non-hydrogen) atoms. The molecule has 3 fully saturated rings. The fourth-order valence-electron chi connectivity index (χ4n) is 4.79. The molecule has 0 radical (unpaired) electrons. The van der Waals surface area contributed by atoms with Gasteiger partial charge in [0.25, 0.3) is 5.91 Å². The summed E-state index contributed by atoms with van der Waals surface area (Å²) in [4.78, 5) is 27.2. The molecule has 0 unspecified atom stereocenters. The molecule has 2 aromatic rings. The SMILES string of the molecule is O=C(N[C@@H](c1cc(F)c(C(F)(F)F)cc1F)C1COC1)[C@H]1C[C@H]2C[C@H]2N1C(=O)c1cc(C(F)(F)F)on1. The van der Waals surface area contributed by atoms with Gasteiger partial charge < -0.3 is 19.5 Å². The zero-order valence-corrected chi connectivity index (χ0v) is 18.5. The minimum Gasteiger partial charge on any atom is -0.381 e. The van der Waals surface area contributed by atoms with Gasteiger partial charge in [-0.3, -0.25) is 9.59 Å². The van der Waals surface area contributed by atoms with E-state index in [0.717, 1.165) is 4.90 Å². The maximum Gasteiger partial charge on any atom is 0.452 e. The van der Waals surface area contributed by atoms with Crippen LogP contribution in [0.4, 0.5) is 35.1 Å². The highest BCUT2D eigenvalue weighted by molar-refractivity contribution is 5.97. The smallest absolute Gasteiger partial charge is 0.381 e. The molecule has 7 nitrogen and oxygen atoms in total. The Morgan fingerprint density at radius 1 is 1.00 bits per heavy atom. The van der Waals surface area contributed by atoms with Gasteiger partial charge in [-0.25, -0.2) is 8.78 Å². The number of benzene rings is 1. The molecule has 1 aromatic carbocycles. The quantitative estimate of drug-likeness (QED) is 0.579. The molecule has 1 saturated carbocycles. The number of ether oxygens (including phenoxy) is 1. The number of carbonyl (C=O) groups is 2. The van der Waals surface area contributed by atoms with Gasteiger partial charge in [0.05, 0.1) is 24.8 Å². The Kier molecular flexibility index (Phi) is 5.96. The monoisotopic (exact) mass is 539 g/mol. The second-order valence-electron chi connectivity index (χ2n) is 9.24. The molecule has 2 aliphatic heterocycles. The Bertz CT molecular complexity index is 1240. The van der Waals surface area contributed by atoms with E-state index in [1.54, 1.807) is 0 Å². The largest absolute Gasteiger partial charge is 0.452 e. The van der Waals surface area contributed by atoms with Crippen LogP contribution in [0, 0.1) is 23.5 Å². The average molecular weight is 539 g/mol. The molecule has 0 spiro atoms. The fourth-order valence-corrected chi connectivity index (χ4v) is 4.79. The zero-order chi connectivity index (χ0) is 26.9. The van der Waals surface area contributed by atoms with Gasteiger partial charge in [0.1, 0.15) is 17.7 Å². The summed E-state index contributed by atoms with van der Waals surface area (Å²) >= 11 is 0. The molecular formula is C22H17F8N3O4. The standard InChI is InChI=1S/C22H17F8N3O4/c23-12-4-11(21(25,26)27)13(24)3-10(12)18(9-6-36-7-9)31-19(34)16-2-8-1-15(8)33(16)20(35)14-5-17(37-32-14)22(28,29)30/h3-5,8-9,15-16,18H,1-2,6-7H2,(H,31,34)/t8-,15-,16-,18-/m1/s1. The first-order chi connectivity index (χ1) is 17.3. The van der Waals surface area contributed by atoms with Gasteiger partial charge in [-0.15, -0.1) is 0 Å². The van der Waals surface area contributed by atoms with Crippen LogP contribution in [0.3, 0.4) is 0 Å². The minimum absolute atomic E-state index is 0.00471. The van der Waals surface area contributed by atoms with Crippen molar-refractivity contribution in [2.75, 3.05) is 13.2 Å². The molecule has 2 saturated heterocycles. The molecular weight excluding hydrogens is 522 g/mol. The number of hydrogen-bond acceptors (Lipinski definition) is 5. The third-order valence-corrected chi connectivity index (χ3v) is 6.81. The topological polar surface area (TPSA) is 84.7 Å². The fraction of sp³-hybridized carbons (Fsp3) is 0.500. The highest BCUT2D eigenvalue weighted by atomic mass is 19.4. The number of halogens is 8. The first kappa shape index (κ1) is 25.4. The molecule has 2 amide bonds. The Balaban J connectivity index is 1.39. The van der Waals surface area contributed by atoms with Gasteiger partial charge in [0.15, 0.2) is 5.69 Å². The molecule has 1 N–H and O–H groups in total. The van der Waals surface area contributed by atoms with Crippen molar-refractivity contribution in [1.29, 1.82) is 0 Å². The van der Waals surface area contributed by atoms with Crippen LogP contribution in [0.1, 0.15) is 46.3 Å².